The van der Waals surface area contributed by atoms with Crippen LogP contribution in [-0.2, 0) is 0 Å². The molecule has 0 unspecified atom stereocenters. The predicted octanol–water partition coefficient (Wildman–Crippen LogP) is 3.50. The number of pyridine rings is 1. The molecular weight excluding hydrogens is 334 g/mol. The van der Waals surface area contributed by atoms with Crippen molar-refractivity contribution in [1.29, 1.82) is 5.26 Å². The van der Waals surface area contributed by atoms with Crippen LogP contribution in [0.25, 0.3) is 22.4 Å². The van der Waals surface area contributed by atoms with Crippen molar-refractivity contribution >= 4 is 5.69 Å². The molecule has 0 aliphatic carbocycles. The zero-order valence-electron chi connectivity index (χ0n) is 13.7. The maximum atomic E-state index is 12.3. The van der Waals surface area contributed by atoms with Gasteiger partial charge < -0.3 is 9.72 Å². The Hall–Kier alpha value is -3.92. The lowest BCUT2D eigenvalue weighted by molar-refractivity contribution is -0.384. The van der Waals surface area contributed by atoms with Gasteiger partial charge in [-0.25, -0.2) is 0 Å². The largest absolute Gasteiger partial charge is 0.497 e. The van der Waals surface area contributed by atoms with Gasteiger partial charge in [0.15, 0.2) is 0 Å². The molecule has 0 radical (unpaired) electrons. The van der Waals surface area contributed by atoms with Gasteiger partial charge in [-0.1, -0.05) is 12.1 Å². The Morgan fingerprint density at radius 1 is 1.08 bits per heavy atom. The van der Waals surface area contributed by atoms with Crippen LogP contribution < -0.4 is 10.3 Å². The number of nitriles is 1. The summed E-state index contributed by atoms with van der Waals surface area (Å²) in [6.07, 6.45) is 0. The second-order valence-corrected chi connectivity index (χ2v) is 5.45. The smallest absolute Gasteiger partial charge is 0.269 e. The van der Waals surface area contributed by atoms with Crippen LogP contribution in [0.2, 0.25) is 0 Å². The Labute approximate surface area is 148 Å². The summed E-state index contributed by atoms with van der Waals surface area (Å²) >= 11 is 0. The second kappa shape index (κ2) is 6.91. The van der Waals surface area contributed by atoms with Crippen LogP contribution in [0.15, 0.2) is 59.4 Å². The number of nitro groups is 1. The van der Waals surface area contributed by atoms with E-state index in [0.717, 1.165) is 0 Å². The van der Waals surface area contributed by atoms with Gasteiger partial charge in [0.2, 0.25) is 0 Å². The van der Waals surface area contributed by atoms with E-state index < -0.39 is 10.5 Å². The zero-order chi connectivity index (χ0) is 18.7. The molecule has 0 aliphatic heterocycles. The average Bonchev–Trinajstić information content (AvgIpc) is 2.67. The number of hydrogen-bond donors (Lipinski definition) is 1. The van der Waals surface area contributed by atoms with Crippen molar-refractivity contribution in [2.24, 2.45) is 0 Å². The number of H-pyrrole nitrogens is 1. The Balaban J connectivity index is 2.14. The molecule has 7 heteroatoms. The number of hydrogen-bond acceptors (Lipinski definition) is 5. The second-order valence-electron chi connectivity index (χ2n) is 5.45. The minimum atomic E-state index is -0.519. The van der Waals surface area contributed by atoms with Gasteiger partial charge in [0.25, 0.3) is 11.2 Å². The first kappa shape index (κ1) is 16.9. The van der Waals surface area contributed by atoms with E-state index in [4.69, 9.17) is 4.74 Å². The van der Waals surface area contributed by atoms with Gasteiger partial charge in [-0.05, 0) is 41.5 Å². The number of aromatic nitrogens is 1. The summed E-state index contributed by atoms with van der Waals surface area (Å²) < 4.78 is 5.12. The van der Waals surface area contributed by atoms with Gasteiger partial charge in [0, 0.05) is 23.4 Å². The van der Waals surface area contributed by atoms with Gasteiger partial charge in [-0.3, -0.25) is 14.9 Å². The fraction of sp³-hybridized carbons (Fsp3) is 0.0526. The lowest BCUT2D eigenvalue weighted by Crippen LogP contribution is -2.12. The van der Waals surface area contributed by atoms with E-state index >= 15 is 0 Å². The summed E-state index contributed by atoms with van der Waals surface area (Å²) in [7, 11) is 1.55. The van der Waals surface area contributed by atoms with E-state index in [1.165, 1.54) is 12.1 Å². The van der Waals surface area contributed by atoms with Gasteiger partial charge in [0.05, 0.1) is 12.0 Å². The summed E-state index contributed by atoms with van der Waals surface area (Å²) in [5, 5.41) is 20.1. The molecule has 2 aromatic carbocycles. The zero-order valence-corrected chi connectivity index (χ0v) is 13.7. The van der Waals surface area contributed by atoms with E-state index in [-0.39, 0.29) is 11.3 Å². The molecule has 26 heavy (non-hydrogen) atoms. The summed E-state index contributed by atoms with van der Waals surface area (Å²) in [4.78, 5) is 25.3. The first-order valence-electron chi connectivity index (χ1n) is 7.60. The Morgan fingerprint density at radius 3 is 2.23 bits per heavy atom. The number of rotatable bonds is 4. The topological polar surface area (TPSA) is 109 Å². The molecular formula is C19H13N3O4. The van der Waals surface area contributed by atoms with Gasteiger partial charge in [-0.15, -0.1) is 0 Å². The summed E-state index contributed by atoms with van der Waals surface area (Å²) in [5.41, 5.74) is 1.68. The molecule has 0 saturated heterocycles. The van der Waals surface area contributed by atoms with Crippen molar-refractivity contribution in [3.05, 3.63) is 80.6 Å². The molecule has 0 aliphatic rings. The Kier molecular flexibility index (Phi) is 4.50. The normalized spacial score (nSPS) is 10.2. The lowest BCUT2D eigenvalue weighted by Gasteiger charge is -2.09. The number of ether oxygens (including phenoxy) is 1. The minimum Gasteiger partial charge on any atom is -0.497 e. The van der Waals surface area contributed by atoms with E-state index in [0.29, 0.717) is 28.1 Å². The van der Waals surface area contributed by atoms with Crippen LogP contribution in [-0.4, -0.2) is 17.0 Å². The number of nitrogens with zero attached hydrogens (tertiary/aromatic N) is 2. The SMILES string of the molecule is COc1ccc(-c2cc(-c3ccc([N+](=O)[O-])cc3)[nH]c(=O)c2C#N)cc1. The van der Waals surface area contributed by atoms with Crippen molar-refractivity contribution in [3.8, 4) is 34.2 Å². The maximum Gasteiger partial charge on any atom is 0.269 e. The van der Waals surface area contributed by atoms with E-state index in [9.17, 15) is 20.2 Å². The molecule has 1 N–H and O–H groups in total. The summed E-state index contributed by atoms with van der Waals surface area (Å²) in [6, 6.07) is 16.4. The molecule has 0 spiro atoms. The van der Waals surface area contributed by atoms with Crippen LogP contribution in [0.3, 0.4) is 0 Å². The standard InChI is InChI=1S/C19H13N3O4/c1-26-15-8-4-12(5-9-15)16-10-18(21-19(23)17(16)11-20)13-2-6-14(7-3-13)22(24)25/h2-10H,1H3,(H,21,23). The van der Waals surface area contributed by atoms with Gasteiger partial charge in [0.1, 0.15) is 17.4 Å². The van der Waals surface area contributed by atoms with Crippen LogP contribution >= 0.6 is 0 Å². The number of non-ortho nitro benzene ring substituents is 1. The molecule has 7 nitrogen and oxygen atoms in total. The van der Waals surface area contributed by atoms with Crippen molar-refractivity contribution in [1.82, 2.24) is 4.98 Å². The lowest BCUT2D eigenvalue weighted by atomic mass is 9.99. The third-order valence-corrected chi connectivity index (χ3v) is 3.94. The van der Waals surface area contributed by atoms with Crippen molar-refractivity contribution in [2.45, 2.75) is 0 Å². The highest BCUT2D eigenvalue weighted by Gasteiger charge is 2.13. The monoisotopic (exact) mass is 347 g/mol. The molecule has 3 rings (SSSR count). The molecule has 3 aromatic rings. The molecule has 1 aromatic heterocycles. The molecule has 0 amide bonds. The minimum absolute atomic E-state index is 0.000767. The summed E-state index contributed by atoms with van der Waals surface area (Å²) in [6.45, 7) is 0. The van der Waals surface area contributed by atoms with Crippen LogP contribution in [0.4, 0.5) is 5.69 Å². The number of aromatic amines is 1. The highest BCUT2D eigenvalue weighted by molar-refractivity contribution is 5.75. The fourth-order valence-electron chi connectivity index (χ4n) is 2.59. The van der Waals surface area contributed by atoms with Crippen LogP contribution in [0.5, 0.6) is 5.75 Å². The van der Waals surface area contributed by atoms with E-state index in [2.05, 4.69) is 4.98 Å². The molecule has 0 saturated carbocycles. The summed E-state index contributed by atoms with van der Waals surface area (Å²) in [5.74, 6) is 0.660. The molecule has 0 atom stereocenters. The van der Waals surface area contributed by atoms with Gasteiger partial charge in [-0.2, -0.15) is 5.26 Å². The first-order chi connectivity index (χ1) is 12.5. The van der Waals surface area contributed by atoms with Crippen molar-refractivity contribution in [3.63, 3.8) is 0 Å². The Bertz CT molecular complexity index is 1060. The predicted molar refractivity (Wildman–Crippen MR) is 95.9 cm³/mol. The number of nitrogens with one attached hydrogen (secondary N) is 1. The van der Waals surface area contributed by atoms with Crippen molar-refractivity contribution in [2.75, 3.05) is 7.11 Å². The van der Waals surface area contributed by atoms with Crippen molar-refractivity contribution < 1.29 is 9.66 Å². The van der Waals surface area contributed by atoms with Gasteiger partial charge >= 0.3 is 0 Å². The number of benzene rings is 2. The highest BCUT2D eigenvalue weighted by Crippen LogP contribution is 2.28. The molecule has 1 heterocycles. The number of methoxy groups -OCH3 is 1. The molecule has 0 fully saturated rings. The van der Waals surface area contributed by atoms with Crippen LogP contribution in [0.1, 0.15) is 5.56 Å². The maximum absolute atomic E-state index is 12.3. The first-order valence-corrected chi connectivity index (χ1v) is 7.60. The Morgan fingerprint density at radius 2 is 1.69 bits per heavy atom. The number of nitro benzene ring substituents is 1. The highest BCUT2D eigenvalue weighted by atomic mass is 16.6. The average molecular weight is 347 g/mol. The third kappa shape index (κ3) is 3.16. The third-order valence-electron chi connectivity index (χ3n) is 3.94. The van der Waals surface area contributed by atoms with E-state index in [1.54, 1.807) is 49.6 Å². The molecule has 0 bridgehead atoms. The van der Waals surface area contributed by atoms with Crippen LogP contribution in [0, 0.1) is 21.4 Å². The quantitative estimate of drug-likeness (QED) is 0.574. The molecule has 128 valence electrons. The van der Waals surface area contributed by atoms with E-state index in [1.807, 2.05) is 6.07 Å². The fourth-order valence-corrected chi connectivity index (χ4v) is 2.59.